The molecule has 1 unspecified atom stereocenters. The molecule has 1 aromatic heterocycles. The van der Waals surface area contributed by atoms with Crippen molar-refractivity contribution in [2.75, 3.05) is 13.1 Å². The molecule has 1 fully saturated rings. The topological polar surface area (TPSA) is 70.5 Å². The number of aryl methyl sites for hydroxylation is 1. The van der Waals surface area contributed by atoms with Gasteiger partial charge < -0.3 is 5.11 Å². The number of benzene rings is 2. The maximum absolute atomic E-state index is 13.5. The third-order valence-corrected chi connectivity index (χ3v) is 6.84. The van der Waals surface area contributed by atoms with Crippen LogP contribution in [-0.4, -0.2) is 45.9 Å². The molecular formula is C25H26N2O3S. The van der Waals surface area contributed by atoms with Crippen molar-refractivity contribution in [3.8, 4) is 10.6 Å². The number of rotatable bonds is 7. The molecule has 1 saturated heterocycles. The van der Waals surface area contributed by atoms with Crippen LogP contribution in [0.3, 0.4) is 0 Å². The van der Waals surface area contributed by atoms with Gasteiger partial charge in [0.25, 0.3) is 0 Å². The molecule has 2 heterocycles. The second-order valence-electron chi connectivity index (χ2n) is 8.12. The Balaban J connectivity index is 1.56. The second-order valence-corrected chi connectivity index (χ2v) is 8.98. The number of likely N-dealkylation sites (tertiary alicyclic amines) is 1. The molecule has 31 heavy (non-hydrogen) atoms. The fourth-order valence-corrected chi connectivity index (χ4v) is 4.88. The van der Waals surface area contributed by atoms with E-state index >= 15 is 0 Å². The summed E-state index contributed by atoms with van der Waals surface area (Å²) in [6.45, 7) is 3.26. The van der Waals surface area contributed by atoms with Gasteiger partial charge in [-0.15, -0.1) is 11.3 Å². The van der Waals surface area contributed by atoms with E-state index in [1.54, 1.807) is 0 Å². The van der Waals surface area contributed by atoms with Crippen molar-refractivity contribution >= 4 is 23.1 Å². The highest BCUT2D eigenvalue weighted by Crippen LogP contribution is 2.27. The Hall–Kier alpha value is -2.83. The highest BCUT2D eigenvalue weighted by molar-refractivity contribution is 7.13. The van der Waals surface area contributed by atoms with Gasteiger partial charge in [0.1, 0.15) is 10.7 Å². The number of ketones is 1. The lowest BCUT2D eigenvalue weighted by molar-refractivity contribution is -0.143. The van der Waals surface area contributed by atoms with Gasteiger partial charge in [-0.1, -0.05) is 60.2 Å². The minimum atomic E-state index is -0.743. The largest absolute Gasteiger partial charge is 0.481 e. The lowest BCUT2D eigenvalue weighted by atomic mass is 9.92. The summed E-state index contributed by atoms with van der Waals surface area (Å²) in [6, 6.07) is 17.8. The van der Waals surface area contributed by atoms with Gasteiger partial charge >= 0.3 is 5.97 Å². The molecule has 0 saturated carbocycles. The van der Waals surface area contributed by atoms with E-state index in [1.165, 1.54) is 16.9 Å². The van der Waals surface area contributed by atoms with Crippen LogP contribution < -0.4 is 0 Å². The number of Topliss-reactive ketones (excluding diaryl/α,β-unsaturated/α-hetero) is 1. The van der Waals surface area contributed by atoms with E-state index in [4.69, 9.17) is 0 Å². The van der Waals surface area contributed by atoms with Gasteiger partial charge in [-0.05, 0) is 44.8 Å². The van der Waals surface area contributed by atoms with Crippen molar-refractivity contribution in [1.82, 2.24) is 9.88 Å². The number of hydrogen-bond donors (Lipinski definition) is 1. The summed E-state index contributed by atoms with van der Waals surface area (Å²) in [5.74, 6) is -1.06. The summed E-state index contributed by atoms with van der Waals surface area (Å²) >= 11 is 1.48. The first kappa shape index (κ1) is 21.4. The Morgan fingerprint density at radius 2 is 1.77 bits per heavy atom. The van der Waals surface area contributed by atoms with Gasteiger partial charge in [0.05, 0.1) is 12.0 Å². The molecule has 160 valence electrons. The second kappa shape index (κ2) is 9.54. The van der Waals surface area contributed by atoms with E-state index in [1.807, 2.05) is 66.9 Å². The van der Waals surface area contributed by atoms with Gasteiger partial charge in [0.2, 0.25) is 0 Å². The SMILES string of the molecule is Cc1ccc(-c2nc(C(=O)C(Cc3ccccc3)N3CCC(C(=O)O)CC3)cs2)cc1. The van der Waals surface area contributed by atoms with Crippen LogP contribution in [0.1, 0.15) is 34.5 Å². The molecule has 1 atom stereocenters. The molecule has 5 nitrogen and oxygen atoms in total. The van der Waals surface area contributed by atoms with Crippen LogP contribution in [0.25, 0.3) is 10.6 Å². The number of carboxylic acid groups (broad SMARTS) is 1. The Morgan fingerprint density at radius 3 is 2.42 bits per heavy atom. The molecule has 2 aromatic carbocycles. The summed E-state index contributed by atoms with van der Waals surface area (Å²) in [4.78, 5) is 31.7. The number of aliphatic carboxylic acids is 1. The zero-order chi connectivity index (χ0) is 21.8. The normalized spacial score (nSPS) is 16.2. The number of piperidine rings is 1. The van der Waals surface area contributed by atoms with E-state index in [0.29, 0.717) is 38.0 Å². The minimum Gasteiger partial charge on any atom is -0.481 e. The van der Waals surface area contributed by atoms with Crippen LogP contribution in [-0.2, 0) is 11.2 Å². The Labute approximate surface area is 186 Å². The van der Waals surface area contributed by atoms with Gasteiger partial charge in [0, 0.05) is 10.9 Å². The molecule has 1 aliphatic heterocycles. The Bertz CT molecular complexity index is 1040. The smallest absolute Gasteiger partial charge is 0.306 e. The van der Waals surface area contributed by atoms with Crippen molar-refractivity contribution in [3.05, 3.63) is 76.8 Å². The van der Waals surface area contributed by atoms with Gasteiger partial charge in [0.15, 0.2) is 5.78 Å². The molecule has 0 amide bonds. The number of hydrogen-bond acceptors (Lipinski definition) is 5. The third kappa shape index (κ3) is 5.09. The van der Waals surface area contributed by atoms with Crippen LogP contribution >= 0.6 is 11.3 Å². The predicted molar refractivity (Wildman–Crippen MR) is 122 cm³/mol. The molecule has 0 bridgehead atoms. The zero-order valence-electron chi connectivity index (χ0n) is 17.5. The lowest BCUT2D eigenvalue weighted by Gasteiger charge is -2.35. The summed E-state index contributed by atoms with van der Waals surface area (Å²) in [5.41, 5.74) is 3.78. The summed E-state index contributed by atoms with van der Waals surface area (Å²) < 4.78 is 0. The molecule has 4 rings (SSSR count). The van der Waals surface area contributed by atoms with Gasteiger partial charge in [-0.25, -0.2) is 4.98 Å². The van der Waals surface area contributed by atoms with E-state index in [-0.39, 0.29) is 17.7 Å². The van der Waals surface area contributed by atoms with Crippen molar-refractivity contribution in [2.45, 2.75) is 32.2 Å². The summed E-state index contributed by atoms with van der Waals surface area (Å²) in [6.07, 6.45) is 1.73. The lowest BCUT2D eigenvalue weighted by Crippen LogP contribution is -2.47. The highest BCUT2D eigenvalue weighted by atomic mass is 32.1. The minimum absolute atomic E-state index is 0.00670. The summed E-state index contributed by atoms with van der Waals surface area (Å²) in [7, 11) is 0. The van der Waals surface area contributed by atoms with E-state index in [2.05, 4.69) is 9.88 Å². The standard InChI is InChI=1S/C25H26N2O3S/c1-17-7-9-19(10-8-17)24-26-21(16-31-24)23(28)22(15-18-5-3-2-4-6-18)27-13-11-20(12-14-27)25(29)30/h2-10,16,20,22H,11-15H2,1H3,(H,29,30). The molecule has 1 N–H and O–H groups in total. The van der Waals surface area contributed by atoms with Crippen molar-refractivity contribution in [3.63, 3.8) is 0 Å². The fraction of sp³-hybridized carbons (Fsp3) is 0.320. The van der Waals surface area contributed by atoms with Crippen molar-refractivity contribution in [1.29, 1.82) is 0 Å². The van der Waals surface area contributed by atoms with Crippen molar-refractivity contribution < 1.29 is 14.7 Å². The molecule has 0 spiro atoms. The molecule has 6 heteroatoms. The monoisotopic (exact) mass is 434 g/mol. The van der Waals surface area contributed by atoms with Crippen LogP contribution in [0.5, 0.6) is 0 Å². The molecule has 0 aliphatic carbocycles. The average Bonchev–Trinajstić information content (AvgIpc) is 3.29. The number of carbonyl (C=O) groups excluding carboxylic acids is 1. The van der Waals surface area contributed by atoms with Crippen LogP contribution in [0.4, 0.5) is 0 Å². The van der Waals surface area contributed by atoms with Gasteiger partial charge in [-0.3, -0.25) is 14.5 Å². The van der Waals surface area contributed by atoms with Gasteiger partial charge in [-0.2, -0.15) is 0 Å². The Morgan fingerprint density at radius 1 is 1.10 bits per heavy atom. The molecular weight excluding hydrogens is 408 g/mol. The molecule has 0 radical (unpaired) electrons. The maximum Gasteiger partial charge on any atom is 0.306 e. The third-order valence-electron chi connectivity index (χ3n) is 5.95. The van der Waals surface area contributed by atoms with E-state index < -0.39 is 5.97 Å². The van der Waals surface area contributed by atoms with E-state index in [9.17, 15) is 14.7 Å². The van der Waals surface area contributed by atoms with E-state index in [0.717, 1.165) is 16.1 Å². The number of carboxylic acids is 1. The first-order valence-electron chi connectivity index (χ1n) is 10.6. The number of carbonyl (C=O) groups is 2. The van der Waals surface area contributed by atoms with Crippen LogP contribution in [0.2, 0.25) is 0 Å². The maximum atomic E-state index is 13.5. The molecule has 3 aromatic rings. The first-order chi connectivity index (χ1) is 15.0. The predicted octanol–water partition coefficient (Wildman–Crippen LogP) is 4.71. The summed E-state index contributed by atoms with van der Waals surface area (Å²) in [5, 5.41) is 12.0. The zero-order valence-corrected chi connectivity index (χ0v) is 18.3. The number of thiazole rings is 1. The average molecular weight is 435 g/mol. The quantitative estimate of drug-likeness (QED) is 0.546. The fourth-order valence-electron chi connectivity index (χ4n) is 4.07. The molecule has 1 aliphatic rings. The Kier molecular flexibility index (Phi) is 6.59. The highest BCUT2D eigenvalue weighted by Gasteiger charge is 2.33. The van der Waals surface area contributed by atoms with Crippen LogP contribution in [0, 0.1) is 12.8 Å². The number of nitrogens with zero attached hydrogens (tertiary/aromatic N) is 2. The van der Waals surface area contributed by atoms with Crippen LogP contribution in [0.15, 0.2) is 60.0 Å². The first-order valence-corrected chi connectivity index (χ1v) is 11.5. The van der Waals surface area contributed by atoms with Crippen molar-refractivity contribution in [2.24, 2.45) is 5.92 Å². The number of aromatic nitrogens is 1.